The quantitative estimate of drug-likeness (QED) is 0.424. The minimum atomic E-state index is -0.424. The van der Waals surface area contributed by atoms with Crippen molar-refractivity contribution in [2.45, 2.75) is 31.1 Å². The van der Waals surface area contributed by atoms with Gasteiger partial charge in [0, 0.05) is 23.0 Å². The van der Waals surface area contributed by atoms with Gasteiger partial charge in [-0.2, -0.15) is 0 Å². The standard InChI is InChI=1S/C24H23ClN2O4S/c1-2-15-31-24(30)16-5-9-18(10-6-16)27-22(28)20(26-13-3-4-14-26)21(23(27)29)32-19-11-7-17(25)8-12-19/h5-12H,2-4,13-15H2,1H3. The lowest BCUT2D eigenvalue weighted by Crippen LogP contribution is -2.34. The van der Waals surface area contributed by atoms with Gasteiger partial charge in [-0.15, -0.1) is 0 Å². The summed E-state index contributed by atoms with van der Waals surface area (Å²) in [5, 5.41) is 0.608. The Kier molecular flexibility index (Phi) is 6.86. The highest BCUT2D eigenvalue weighted by Gasteiger charge is 2.43. The molecule has 0 aromatic heterocycles. The first kappa shape index (κ1) is 22.4. The van der Waals surface area contributed by atoms with Crippen molar-refractivity contribution in [2.75, 3.05) is 24.6 Å². The summed E-state index contributed by atoms with van der Waals surface area (Å²) < 4.78 is 5.15. The molecule has 0 unspecified atom stereocenters. The molecule has 0 aliphatic carbocycles. The van der Waals surface area contributed by atoms with Crippen LogP contribution in [0, 0.1) is 0 Å². The molecule has 2 aromatic rings. The number of rotatable bonds is 7. The summed E-state index contributed by atoms with van der Waals surface area (Å²) in [6, 6.07) is 13.6. The first-order chi connectivity index (χ1) is 15.5. The van der Waals surface area contributed by atoms with Crippen molar-refractivity contribution in [3.8, 4) is 0 Å². The molecule has 4 rings (SSSR count). The minimum Gasteiger partial charge on any atom is -0.462 e. The molecular weight excluding hydrogens is 448 g/mol. The molecule has 8 heteroatoms. The third-order valence-corrected chi connectivity index (χ3v) is 6.60. The zero-order valence-corrected chi connectivity index (χ0v) is 19.2. The molecule has 2 aliphatic rings. The summed E-state index contributed by atoms with van der Waals surface area (Å²) in [6.07, 6.45) is 2.70. The third-order valence-electron chi connectivity index (χ3n) is 5.27. The summed E-state index contributed by atoms with van der Waals surface area (Å²) in [5.74, 6) is -1.12. The number of anilines is 1. The van der Waals surface area contributed by atoms with Gasteiger partial charge in [-0.3, -0.25) is 9.59 Å². The molecule has 32 heavy (non-hydrogen) atoms. The van der Waals surface area contributed by atoms with Crippen molar-refractivity contribution in [3.63, 3.8) is 0 Å². The summed E-state index contributed by atoms with van der Waals surface area (Å²) in [5.41, 5.74) is 1.25. The Morgan fingerprint density at radius 3 is 2.28 bits per heavy atom. The number of nitrogens with zero attached hydrogens (tertiary/aromatic N) is 2. The van der Waals surface area contributed by atoms with Crippen LogP contribution >= 0.6 is 23.4 Å². The highest BCUT2D eigenvalue weighted by Crippen LogP contribution is 2.39. The van der Waals surface area contributed by atoms with Crippen molar-refractivity contribution >= 4 is 46.8 Å². The molecule has 0 N–H and O–H groups in total. The van der Waals surface area contributed by atoms with Crippen LogP contribution in [-0.2, 0) is 14.3 Å². The Balaban J connectivity index is 1.62. The molecule has 6 nitrogen and oxygen atoms in total. The van der Waals surface area contributed by atoms with E-state index in [1.54, 1.807) is 36.4 Å². The van der Waals surface area contributed by atoms with Crippen molar-refractivity contribution in [2.24, 2.45) is 0 Å². The lowest BCUT2D eigenvalue weighted by atomic mass is 10.2. The van der Waals surface area contributed by atoms with Gasteiger partial charge in [-0.05, 0) is 67.8 Å². The van der Waals surface area contributed by atoms with Gasteiger partial charge < -0.3 is 9.64 Å². The van der Waals surface area contributed by atoms with E-state index in [4.69, 9.17) is 16.3 Å². The normalized spacial score (nSPS) is 16.3. The van der Waals surface area contributed by atoms with E-state index in [0.717, 1.165) is 37.2 Å². The Morgan fingerprint density at radius 1 is 1.00 bits per heavy atom. The molecule has 0 radical (unpaired) electrons. The molecule has 2 aliphatic heterocycles. The minimum absolute atomic E-state index is 0.338. The molecule has 1 fully saturated rings. The van der Waals surface area contributed by atoms with Crippen molar-refractivity contribution in [1.82, 2.24) is 4.90 Å². The van der Waals surface area contributed by atoms with Crippen molar-refractivity contribution in [1.29, 1.82) is 0 Å². The maximum atomic E-state index is 13.4. The molecule has 2 aromatic carbocycles. The Labute approximate surface area is 196 Å². The number of carbonyl (C=O) groups is 3. The van der Waals surface area contributed by atoms with E-state index in [2.05, 4.69) is 0 Å². The smallest absolute Gasteiger partial charge is 0.338 e. The van der Waals surface area contributed by atoms with Crippen LogP contribution in [0.15, 0.2) is 64.0 Å². The van der Waals surface area contributed by atoms with Crippen LogP contribution in [0.5, 0.6) is 0 Å². The first-order valence-corrected chi connectivity index (χ1v) is 11.8. The van der Waals surface area contributed by atoms with Crippen LogP contribution in [0.4, 0.5) is 5.69 Å². The van der Waals surface area contributed by atoms with Gasteiger partial charge in [-0.25, -0.2) is 9.69 Å². The van der Waals surface area contributed by atoms with Crippen LogP contribution in [0.3, 0.4) is 0 Å². The van der Waals surface area contributed by atoms with Crippen molar-refractivity contribution < 1.29 is 19.1 Å². The zero-order chi connectivity index (χ0) is 22.7. The lowest BCUT2D eigenvalue weighted by Gasteiger charge is -2.20. The van der Waals surface area contributed by atoms with Gasteiger partial charge in [0.15, 0.2) is 0 Å². The number of likely N-dealkylation sites (tertiary alicyclic amines) is 1. The summed E-state index contributed by atoms with van der Waals surface area (Å²) >= 11 is 7.26. The van der Waals surface area contributed by atoms with Gasteiger partial charge in [0.1, 0.15) is 10.6 Å². The largest absolute Gasteiger partial charge is 0.462 e. The van der Waals surface area contributed by atoms with Gasteiger partial charge in [0.2, 0.25) is 0 Å². The third kappa shape index (κ3) is 4.54. The van der Waals surface area contributed by atoms with Gasteiger partial charge in [-0.1, -0.05) is 30.3 Å². The fourth-order valence-electron chi connectivity index (χ4n) is 3.69. The summed E-state index contributed by atoms with van der Waals surface area (Å²) in [4.78, 5) is 43.3. The second kappa shape index (κ2) is 9.79. The number of hydrogen-bond acceptors (Lipinski definition) is 6. The van der Waals surface area contributed by atoms with Gasteiger partial charge in [0.05, 0.1) is 17.9 Å². The van der Waals surface area contributed by atoms with Gasteiger partial charge >= 0.3 is 5.97 Å². The van der Waals surface area contributed by atoms with E-state index in [9.17, 15) is 14.4 Å². The number of imide groups is 1. The molecule has 2 heterocycles. The molecule has 1 saturated heterocycles. The fraction of sp³-hybridized carbons (Fsp3) is 0.292. The molecule has 0 bridgehead atoms. The fourth-order valence-corrected chi connectivity index (χ4v) is 4.81. The predicted molar refractivity (Wildman–Crippen MR) is 125 cm³/mol. The monoisotopic (exact) mass is 470 g/mol. The van der Waals surface area contributed by atoms with E-state index in [1.807, 2.05) is 24.0 Å². The second-order valence-corrected chi connectivity index (χ2v) is 9.08. The predicted octanol–water partition coefficient (Wildman–Crippen LogP) is 4.88. The number of esters is 1. The average molecular weight is 471 g/mol. The number of halogens is 1. The summed E-state index contributed by atoms with van der Waals surface area (Å²) in [6.45, 7) is 3.76. The summed E-state index contributed by atoms with van der Waals surface area (Å²) in [7, 11) is 0. The van der Waals surface area contributed by atoms with Crippen LogP contribution in [0.25, 0.3) is 0 Å². The molecular formula is C24H23ClN2O4S. The number of benzene rings is 2. The van der Waals surface area contributed by atoms with E-state index in [1.165, 1.54) is 16.7 Å². The second-order valence-electron chi connectivity index (χ2n) is 7.56. The number of thioether (sulfide) groups is 1. The molecule has 2 amide bonds. The lowest BCUT2D eigenvalue weighted by molar-refractivity contribution is -0.121. The zero-order valence-electron chi connectivity index (χ0n) is 17.7. The van der Waals surface area contributed by atoms with E-state index in [0.29, 0.717) is 33.5 Å². The van der Waals surface area contributed by atoms with Crippen LogP contribution in [0.1, 0.15) is 36.5 Å². The molecule has 0 spiro atoms. The number of amides is 2. The maximum absolute atomic E-state index is 13.4. The highest BCUT2D eigenvalue weighted by atomic mass is 35.5. The SMILES string of the molecule is CCCOC(=O)c1ccc(N2C(=O)C(Sc3ccc(Cl)cc3)=C(N3CCCC3)C2=O)cc1. The first-order valence-electron chi connectivity index (χ1n) is 10.6. The maximum Gasteiger partial charge on any atom is 0.338 e. The van der Waals surface area contributed by atoms with Crippen LogP contribution in [0.2, 0.25) is 5.02 Å². The van der Waals surface area contributed by atoms with E-state index in [-0.39, 0.29) is 11.8 Å². The van der Waals surface area contributed by atoms with Gasteiger partial charge in [0.25, 0.3) is 11.8 Å². The van der Waals surface area contributed by atoms with Crippen LogP contribution in [-0.4, -0.2) is 42.4 Å². The molecule has 0 atom stereocenters. The Morgan fingerprint density at radius 2 is 1.66 bits per heavy atom. The van der Waals surface area contributed by atoms with E-state index >= 15 is 0 Å². The number of carbonyl (C=O) groups excluding carboxylic acids is 3. The van der Waals surface area contributed by atoms with E-state index < -0.39 is 5.97 Å². The number of hydrogen-bond donors (Lipinski definition) is 0. The Hall–Kier alpha value is -2.77. The molecule has 0 saturated carbocycles. The Bertz CT molecular complexity index is 1060. The van der Waals surface area contributed by atoms with Crippen molar-refractivity contribution in [3.05, 3.63) is 69.7 Å². The van der Waals surface area contributed by atoms with Crippen LogP contribution < -0.4 is 4.90 Å². The average Bonchev–Trinajstić information content (AvgIpc) is 3.40. The topological polar surface area (TPSA) is 66.9 Å². The number of ether oxygens (including phenoxy) is 1. The highest BCUT2D eigenvalue weighted by molar-refractivity contribution is 8.04. The molecule has 166 valence electrons.